The summed E-state index contributed by atoms with van der Waals surface area (Å²) in [6.07, 6.45) is -0.667. The number of ether oxygens (including phenoxy) is 1. The molecule has 124 valence electrons. The van der Waals surface area contributed by atoms with Crippen molar-refractivity contribution in [1.82, 2.24) is 5.32 Å². The lowest BCUT2D eigenvalue weighted by Crippen LogP contribution is -2.35. The zero-order valence-electron chi connectivity index (χ0n) is 11.9. The number of nitrogens with one attached hydrogen (secondary N) is 1. The van der Waals surface area contributed by atoms with Crippen LogP contribution < -0.4 is 5.32 Å². The zero-order valence-corrected chi connectivity index (χ0v) is 11.9. The van der Waals surface area contributed by atoms with Crippen molar-refractivity contribution in [3.05, 3.63) is 45.9 Å². The van der Waals surface area contributed by atoms with Crippen molar-refractivity contribution in [2.24, 2.45) is 0 Å². The van der Waals surface area contributed by atoms with Gasteiger partial charge in [0, 0.05) is 23.6 Å². The molecule has 0 saturated heterocycles. The number of methoxy groups -OCH3 is 1. The van der Waals surface area contributed by atoms with Gasteiger partial charge in [-0.05, 0) is 6.92 Å². The highest BCUT2D eigenvalue weighted by atomic mass is 19.2. The van der Waals surface area contributed by atoms with Crippen molar-refractivity contribution >= 4 is 11.9 Å². The molecular weight excluding hydrogens is 325 g/mol. The van der Waals surface area contributed by atoms with Gasteiger partial charge in [-0.15, -0.1) is 0 Å². The van der Waals surface area contributed by atoms with Crippen LogP contribution in [0.5, 0.6) is 0 Å². The molecule has 1 N–H and O–H groups in total. The lowest BCUT2D eigenvalue weighted by molar-refractivity contribution is -0.136. The Morgan fingerprint density at radius 1 is 1.04 bits per heavy atom. The van der Waals surface area contributed by atoms with Crippen molar-refractivity contribution in [1.29, 1.82) is 0 Å². The maximum atomic E-state index is 14.0. The van der Waals surface area contributed by atoms with Gasteiger partial charge in [0.1, 0.15) is 0 Å². The molecule has 0 spiro atoms. The van der Waals surface area contributed by atoms with E-state index in [-0.39, 0.29) is 11.3 Å². The Morgan fingerprint density at radius 2 is 1.52 bits per heavy atom. The van der Waals surface area contributed by atoms with Gasteiger partial charge >= 0.3 is 5.97 Å². The van der Waals surface area contributed by atoms with Crippen LogP contribution in [0.25, 0.3) is 0 Å². The van der Waals surface area contributed by atoms with Gasteiger partial charge in [0.25, 0.3) is 0 Å². The number of benzene rings is 1. The van der Waals surface area contributed by atoms with Crippen molar-refractivity contribution < 1.29 is 36.3 Å². The summed E-state index contributed by atoms with van der Waals surface area (Å²) >= 11 is 0. The Morgan fingerprint density at radius 3 is 2.00 bits per heavy atom. The summed E-state index contributed by atoms with van der Waals surface area (Å²) in [7, 11) is 0.981. The van der Waals surface area contributed by atoms with E-state index in [1.54, 1.807) is 0 Å². The van der Waals surface area contributed by atoms with E-state index in [9.17, 15) is 31.5 Å². The molecule has 1 aliphatic rings. The Labute approximate surface area is 126 Å². The monoisotopic (exact) mass is 335 g/mol. The fourth-order valence-electron chi connectivity index (χ4n) is 2.46. The summed E-state index contributed by atoms with van der Waals surface area (Å²) in [6.45, 7) is 1.25. The van der Waals surface area contributed by atoms with Crippen LogP contribution >= 0.6 is 0 Å². The Kier molecular flexibility index (Phi) is 4.39. The molecule has 0 bridgehead atoms. The highest BCUT2D eigenvalue weighted by Gasteiger charge is 2.39. The van der Waals surface area contributed by atoms with Crippen LogP contribution in [-0.4, -0.2) is 19.0 Å². The third-order valence-corrected chi connectivity index (χ3v) is 3.47. The van der Waals surface area contributed by atoms with E-state index < -0.39 is 58.9 Å². The van der Waals surface area contributed by atoms with Crippen LogP contribution in [0, 0.1) is 29.1 Å². The van der Waals surface area contributed by atoms with Crippen LogP contribution in [-0.2, 0) is 14.3 Å². The largest absolute Gasteiger partial charge is 0.466 e. The first-order valence-corrected chi connectivity index (χ1v) is 6.30. The second-order valence-corrected chi connectivity index (χ2v) is 4.82. The fraction of sp³-hybridized carbons (Fsp3) is 0.286. The first-order valence-electron chi connectivity index (χ1n) is 6.30. The smallest absolute Gasteiger partial charge is 0.336 e. The molecule has 1 aromatic carbocycles. The predicted octanol–water partition coefficient (Wildman–Crippen LogP) is 2.43. The molecule has 4 nitrogen and oxygen atoms in total. The topological polar surface area (TPSA) is 55.4 Å². The maximum Gasteiger partial charge on any atom is 0.336 e. The van der Waals surface area contributed by atoms with Gasteiger partial charge in [0.2, 0.25) is 11.7 Å². The number of amides is 1. The second kappa shape index (κ2) is 5.98. The van der Waals surface area contributed by atoms with Gasteiger partial charge in [-0.25, -0.2) is 26.7 Å². The van der Waals surface area contributed by atoms with Crippen LogP contribution in [0.2, 0.25) is 0 Å². The number of hydrogen-bond acceptors (Lipinski definition) is 3. The Bertz CT molecular complexity index is 715. The third kappa shape index (κ3) is 2.66. The molecule has 0 fully saturated rings. The summed E-state index contributed by atoms with van der Waals surface area (Å²) in [5, 5.41) is 2.26. The van der Waals surface area contributed by atoms with Gasteiger partial charge in [-0.2, -0.15) is 0 Å². The molecule has 1 amide bonds. The molecule has 9 heteroatoms. The number of rotatable bonds is 2. The number of hydrogen-bond donors (Lipinski definition) is 1. The normalized spacial score (nSPS) is 18.0. The van der Waals surface area contributed by atoms with E-state index in [4.69, 9.17) is 0 Å². The predicted molar refractivity (Wildman–Crippen MR) is 66.4 cm³/mol. The van der Waals surface area contributed by atoms with Crippen LogP contribution in [0.15, 0.2) is 11.3 Å². The average molecular weight is 335 g/mol. The maximum absolute atomic E-state index is 14.0. The van der Waals surface area contributed by atoms with Gasteiger partial charge in [0.15, 0.2) is 23.3 Å². The lowest BCUT2D eigenvalue weighted by atomic mass is 9.83. The number of carbonyl (C=O) groups excluding carboxylic acids is 2. The van der Waals surface area contributed by atoms with Crippen molar-refractivity contribution in [2.45, 2.75) is 19.3 Å². The van der Waals surface area contributed by atoms with Gasteiger partial charge < -0.3 is 10.1 Å². The fourth-order valence-corrected chi connectivity index (χ4v) is 2.46. The molecule has 1 unspecified atom stereocenters. The number of carbonyl (C=O) groups is 2. The van der Waals surface area contributed by atoms with E-state index in [1.807, 2.05) is 0 Å². The summed E-state index contributed by atoms with van der Waals surface area (Å²) in [4.78, 5) is 23.4. The minimum atomic E-state index is -2.32. The highest BCUT2D eigenvalue weighted by molar-refractivity contribution is 5.95. The molecule has 0 saturated carbocycles. The highest BCUT2D eigenvalue weighted by Crippen LogP contribution is 2.38. The third-order valence-electron chi connectivity index (χ3n) is 3.47. The van der Waals surface area contributed by atoms with Crippen LogP contribution in [0.3, 0.4) is 0 Å². The molecule has 0 aromatic heterocycles. The number of esters is 1. The summed E-state index contributed by atoms with van der Waals surface area (Å²) in [6, 6.07) is 0. The molecule has 1 heterocycles. The Hall–Kier alpha value is -2.45. The average Bonchev–Trinajstić information content (AvgIpc) is 2.50. The van der Waals surface area contributed by atoms with E-state index in [2.05, 4.69) is 10.1 Å². The lowest BCUT2D eigenvalue weighted by Gasteiger charge is -2.27. The molecule has 0 aliphatic carbocycles. The molecular formula is C14H10F5NO3. The number of allylic oxidation sites excluding steroid dienone is 1. The first-order chi connectivity index (χ1) is 10.7. The molecule has 23 heavy (non-hydrogen) atoms. The molecule has 1 aliphatic heterocycles. The van der Waals surface area contributed by atoms with Gasteiger partial charge in [0.05, 0.1) is 12.7 Å². The standard InChI is InChI=1S/C14H10F5NO3/c1-4-7(14(22)23-2)5(3-6(21)20-4)8-9(15)11(17)13(19)12(18)10(8)16/h5H,3H2,1-2H3,(H,20,21). The van der Waals surface area contributed by atoms with E-state index >= 15 is 0 Å². The minimum Gasteiger partial charge on any atom is -0.466 e. The molecule has 1 aromatic rings. The quantitative estimate of drug-likeness (QED) is 0.391. The first kappa shape index (κ1) is 16.9. The summed E-state index contributed by atoms with van der Waals surface area (Å²) in [5.41, 5.74) is -1.70. The molecule has 2 rings (SSSR count). The van der Waals surface area contributed by atoms with Gasteiger partial charge in [-0.3, -0.25) is 4.79 Å². The second-order valence-electron chi connectivity index (χ2n) is 4.82. The van der Waals surface area contributed by atoms with E-state index in [0.29, 0.717) is 0 Å². The van der Waals surface area contributed by atoms with Crippen LogP contribution in [0.4, 0.5) is 22.0 Å². The van der Waals surface area contributed by atoms with Gasteiger partial charge in [-0.1, -0.05) is 0 Å². The SMILES string of the molecule is COC(=O)C1=C(C)NC(=O)CC1c1c(F)c(F)c(F)c(F)c1F. The number of halogens is 5. The van der Waals surface area contributed by atoms with Crippen molar-refractivity contribution in [3.8, 4) is 0 Å². The van der Waals surface area contributed by atoms with E-state index in [1.165, 1.54) is 6.92 Å². The van der Waals surface area contributed by atoms with E-state index in [0.717, 1.165) is 7.11 Å². The summed E-state index contributed by atoms with van der Waals surface area (Å²) < 4.78 is 72.2. The zero-order chi connectivity index (χ0) is 17.5. The Balaban J connectivity index is 2.76. The summed E-state index contributed by atoms with van der Waals surface area (Å²) in [5.74, 6) is -14.2. The minimum absolute atomic E-state index is 0.0814. The van der Waals surface area contributed by atoms with Crippen molar-refractivity contribution in [2.75, 3.05) is 7.11 Å². The molecule has 1 atom stereocenters. The molecule has 0 radical (unpaired) electrons. The van der Waals surface area contributed by atoms with Crippen LogP contribution in [0.1, 0.15) is 24.8 Å². The van der Waals surface area contributed by atoms with Crippen molar-refractivity contribution in [3.63, 3.8) is 0 Å².